The number of hydrazone groups is 1. The van der Waals surface area contributed by atoms with Gasteiger partial charge in [-0.05, 0) is 30.0 Å². The molecule has 0 aliphatic carbocycles. The highest BCUT2D eigenvalue weighted by Crippen LogP contribution is 2.15. The quantitative estimate of drug-likeness (QED) is 0.769. The number of rotatable bonds is 3. The minimum atomic E-state index is -3.39. The van der Waals surface area contributed by atoms with E-state index >= 15 is 0 Å². The first-order chi connectivity index (χ1) is 12.6. The summed E-state index contributed by atoms with van der Waals surface area (Å²) in [6.07, 6.45) is 3.74. The van der Waals surface area contributed by atoms with Gasteiger partial charge >= 0.3 is 0 Å². The Morgan fingerprint density at radius 1 is 0.692 bits per heavy atom. The van der Waals surface area contributed by atoms with Crippen molar-refractivity contribution in [2.24, 2.45) is 5.10 Å². The van der Waals surface area contributed by atoms with Crippen LogP contribution in [0.4, 0.5) is 0 Å². The maximum absolute atomic E-state index is 11.2. The number of fused-ring (bicyclic) bond motifs is 1. The minimum Gasteiger partial charge on any atom is -0.200 e. The van der Waals surface area contributed by atoms with Crippen LogP contribution in [0.15, 0.2) is 94.9 Å². The van der Waals surface area contributed by atoms with Crippen LogP contribution in [0.5, 0.6) is 0 Å². The lowest BCUT2D eigenvalue weighted by molar-refractivity contribution is 0.583. The molecule has 1 aliphatic heterocycles. The fourth-order valence-electron chi connectivity index (χ4n) is 2.62. The molecule has 1 aliphatic rings. The number of benzene rings is 3. The summed E-state index contributed by atoms with van der Waals surface area (Å²) < 4.78 is 22.5. The van der Waals surface area contributed by atoms with Gasteiger partial charge in [0.2, 0.25) is 0 Å². The number of nitrogens with one attached hydrogen (secondary N) is 1. The second-order valence-corrected chi connectivity index (χ2v) is 7.49. The van der Waals surface area contributed by atoms with Gasteiger partial charge < -0.3 is 0 Å². The van der Waals surface area contributed by atoms with Crippen molar-refractivity contribution in [2.75, 3.05) is 0 Å². The van der Waals surface area contributed by atoms with Crippen LogP contribution in [-0.4, -0.2) is 14.6 Å². The molecule has 0 fully saturated rings. The normalized spacial score (nSPS) is 13.7. The fraction of sp³-hybridized carbons (Fsp3) is 0.0952. The van der Waals surface area contributed by atoms with Crippen LogP contribution in [0, 0.1) is 0 Å². The van der Waals surface area contributed by atoms with Crippen molar-refractivity contribution in [3.63, 3.8) is 0 Å². The molecule has 0 aromatic heterocycles. The van der Waals surface area contributed by atoms with E-state index in [1.807, 2.05) is 0 Å². The summed E-state index contributed by atoms with van der Waals surface area (Å²) in [6.45, 7) is 0. The Bertz CT molecular complexity index is 930. The molecule has 3 aromatic rings. The molecule has 4 nitrogen and oxygen atoms in total. The summed E-state index contributed by atoms with van der Waals surface area (Å²) >= 11 is 0. The highest BCUT2D eigenvalue weighted by Gasteiger charge is 2.19. The Balaban J connectivity index is 0.000000152. The van der Waals surface area contributed by atoms with Gasteiger partial charge in [0.1, 0.15) is 0 Å². The van der Waals surface area contributed by atoms with E-state index in [0.717, 1.165) is 12.8 Å². The second-order valence-electron chi connectivity index (χ2n) is 5.86. The Morgan fingerprint density at radius 3 is 1.73 bits per heavy atom. The molecule has 0 unspecified atom stereocenters. The van der Waals surface area contributed by atoms with E-state index in [1.165, 1.54) is 17.3 Å². The van der Waals surface area contributed by atoms with Gasteiger partial charge in [-0.2, -0.15) is 13.5 Å². The van der Waals surface area contributed by atoms with Gasteiger partial charge in [-0.25, -0.2) is 4.83 Å². The maximum Gasteiger partial charge on any atom is 0.277 e. The summed E-state index contributed by atoms with van der Waals surface area (Å²) in [5.74, 6) is 0. The van der Waals surface area contributed by atoms with Gasteiger partial charge in [-0.1, -0.05) is 78.9 Å². The van der Waals surface area contributed by atoms with E-state index in [-0.39, 0.29) is 4.90 Å². The largest absolute Gasteiger partial charge is 0.277 e. The lowest BCUT2D eigenvalue weighted by atomic mass is 10.0. The molecular formula is C21H20N2O2S. The van der Waals surface area contributed by atoms with Crippen molar-refractivity contribution < 1.29 is 8.42 Å². The smallest absolute Gasteiger partial charge is 0.200 e. The Morgan fingerprint density at radius 2 is 1.19 bits per heavy atom. The zero-order chi connectivity index (χ0) is 18.2. The molecule has 0 spiro atoms. The standard InChI is InChI=1S/C14H14.C7H6N2O2S/c1-3-7-13(8-4-1)11-12-14-9-5-2-6-10-14;10-12(11)7-4-2-1-3-6(7)5-8-9-12/h1-10H,11-12H2;1-5,9H. The molecule has 0 atom stereocenters. The molecule has 1 N–H and O–H groups in total. The van der Waals surface area contributed by atoms with Crippen molar-refractivity contribution in [1.82, 2.24) is 4.83 Å². The first kappa shape index (κ1) is 17.9. The summed E-state index contributed by atoms with van der Waals surface area (Å²) in [7, 11) is -3.39. The molecule has 3 aromatic carbocycles. The average molecular weight is 364 g/mol. The SMILES string of the molecule is O=S1(=O)NN=Cc2ccccc21.c1ccc(CCc2ccccc2)cc1. The number of aryl methyl sites for hydroxylation is 2. The highest BCUT2D eigenvalue weighted by molar-refractivity contribution is 7.89. The third kappa shape index (κ3) is 4.80. The Kier molecular flexibility index (Phi) is 5.81. The van der Waals surface area contributed by atoms with Gasteiger partial charge in [0.15, 0.2) is 0 Å². The number of hydrogen-bond donors (Lipinski definition) is 1. The fourth-order valence-corrected chi connectivity index (χ4v) is 3.60. The van der Waals surface area contributed by atoms with Gasteiger partial charge in [0.05, 0.1) is 11.1 Å². The molecular weight excluding hydrogens is 344 g/mol. The van der Waals surface area contributed by atoms with Crippen molar-refractivity contribution >= 4 is 16.2 Å². The molecule has 0 radical (unpaired) electrons. The van der Waals surface area contributed by atoms with Crippen LogP contribution in [0.25, 0.3) is 0 Å². The molecule has 0 amide bonds. The van der Waals surface area contributed by atoms with Crippen molar-refractivity contribution in [3.8, 4) is 0 Å². The minimum absolute atomic E-state index is 0.278. The lowest BCUT2D eigenvalue weighted by Crippen LogP contribution is -2.23. The highest BCUT2D eigenvalue weighted by atomic mass is 32.2. The zero-order valence-corrected chi connectivity index (χ0v) is 15.1. The van der Waals surface area contributed by atoms with Gasteiger partial charge in [-0.3, -0.25) is 0 Å². The third-order valence-electron chi connectivity index (χ3n) is 3.97. The van der Waals surface area contributed by atoms with E-state index in [9.17, 15) is 8.42 Å². The van der Waals surface area contributed by atoms with Crippen LogP contribution >= 0.6 is 0 Å². The molecule has 5 heteroatoms. The third-order valence-corrected chi connectivity index (χ3v) is 5.27. The average Bonchev–Trinajstić information content (AvgIpc) is 2.69. The molecule has 0 saturated carbocycles. The van der Waals surface area contributed by atoms with Crippen molar-refractivity contribution in [3.05, 3.63) is 102 Å². The first-order valence-electron chi connectivity index (χ1n) is 8.37. The second kappa shape index (κ2) is 8.45. The summed E-state index contributed by atoms with van der Waals surface area (Å²) in [5, 5.41) is 3.51. The molecule has 0 saturated heterocycles. The maximum atomic E-state index is 11.2. The summed E-state index contributed by atoms with van der Waals surface area (Å²) in [5.41, 5.74) is 3.45. The Labute approximate surface area is 154 Å². The van der Waals surface area contributed by atoms with Crippen molar-refractivity contribution in [1.29, 1.82) is 0 Å². The number of hydrogen-bond acceptors (Lipinski definition) is 3. The topological polar surface area (TPSA) is 58.5 Å². The predicted octanol–water partition coefficient (Wildman–Crippen LogP) is 3.78. The van der Waals surface area contributed by atoms with Crippen LogP contribution < -0.4 is 4.83 Å². The van der Waals surface area contributed by atoms with Crippen molar-refractivity contribution in [2.45, 2.75) is 17.7 Å². The van der Waals surface area contributed by atoms with Crippen LogP contribution in [0.1, 0.15) is 16.7 Å². The van der Waals surface area contributed by atoms with E-state index in [0.29, 0.717) is 5.56 Å². The van der Waals surface area contributed by atoms with Crippen LogP contribution in [0.2, 0.25) is 0 Å². The lowest BCUT2D eigenvalue weighted by Gasteiger charge is -2.10. The monoisotopic (exact) mass is 364 g/mol. The van der Waals surface area contributed by atoms with Crippen LogP contribution in [-0.2, 0) is 22.9 Å². The predicted molar refractivity (Wildman–Crippen MR) is 105 cm³/mol. The van der Waals surface area contributed by atoms with E-state index in [4.69, 9.17) is 0 Å². The molecule has 132 valence electrons. The van der Waals surface area contributed by atoms with Gasteiger partial charge in [0, 0.05) is 5.56 Å². The molecule has 26 heavy (non-hydrogen) atoms. The number of sulfonamides is 1. The summed E-state index contributed by atoms with van der Waals surface area (Å²) in [6, 6.07) is 27.9. The number of nitrogens with zero attached hydrogens (tertiary/aromatic N) is 1. The van der Waals surface area contributed by atoms with Crippen LogP contribution in [0.3, 0.4) is 0 Å². The summed E-state index contributed by atoms with van der Waals surface area (Å²) in [4.78, 5) is 2.33. The molecule has 4 rings (SSSR count). The first-order valence-corrected chi connectivity index (χ1v) is 9.85. The Hall–Kier alpha value is -2.92. The molecule has 0 bridgehead atoms. The van der Waals surface area contributed by atoms with E-state index in [1.54, 1.807) is 24.3 Å². The van der Waals surface area contributed by atoms with E-state index < -0.39 is 10.0 Å². The van der Waals surface area contributed by atoms with E-state index in [2.05, 4.69) is 70.6 Å². The zero-order valence-electron chi connectivity index (χ0n) is 14.2. The molecule has 1 heterocycles. The van der Waals surface area contributed by atoms with Gasteiger partial charge in [0.25, 0.3) is 10.0 Å². The van der Waals surface area contributed by atoms with Gasteiger partial charge in [-0.15, -0.1) is 0 Å².